The van der Waals surface area contributed by atoms with Crippen molar-refractivity contribution in [2.75, 3.05) is 0 Å². The maximum Gasteiger partial charge on any atom is 0.263 e. The first-order valence-corrected chi connectivity index (χ1v) is 5.88. The summed E-state index contributed by atoms with van der Waals surface area (Å²) in [6, 6.07) is 5.16. The average Bonchev–Trinajstić information content (AvgIpc) is 2.46. The van der Waals surface area contributed by atoms with Crippen molar-refractivity contribution in [3.05, 3.63) is 70.5 Å². The molecule has 0 fully saturated rings. The molecule has 3 rings (SSSR count). The lowest BCUT2D eigenvalue weighted by Gasteiger charge is -2.06. The molecule has 0 atom stereocenters. The van der Waals surface area contributed by atoms with E-state index in [9.17, 15) is 13.6 Å². The SMILES string of the molecule is O=c1c2cnccc2ncn1Cc1ccc(F)c(F)c1. The number of benzene rings is 1. The Kier molecular flexibility index (Phi) is 2.98. The number of pyridine rings is 1. The van der Waals surface area contributed by atoms with Gasteiger partial charge in [-0.25, -0.2) is 13.8 Å². The molecule has 4 nitrogen and oxygen atoms in total. The third-order valence-electron chi connectivity index (χ3n) is 2.96. The van der Waals surface area contributed by atoms with Crippen LogP contribution in [0.15, 0.2) is 47.8 Å². The minimum atomic E-state index is -0.939. The van der Waals surface area contributed by atoms with Gasteiger partial charge < -0.3 is 0 Å². The van der Waals surface area contributed by atoms with E-state index in [1.54, 1.807) is 12.3 Å². The Morgan fingerprint density at radius 2 is 2.00 bits per heavy atom. The Hall–Kier alpha value is -2.63. The predicted molar refractivity (Wildman–Crippen MR) is 69.3 cm³/mol. The summed E-state index contributed by atoms with van der Waals surface area (Å²) in [7, 11) is 0. The van der Waals surface area contributed by atoms with Gasteiger partial charge in [0, 0.05) is 12.4 Å². The summed E-state index contributed by atoms with van der Waals surface area (Å²) >= 11 is 0. The van der Waals surface area contributed by atoms with Gasteiger partial charge in [-0.05, 0) is 23.8 Å². The van der Waals surface area contributed by atoms with Crippen LogP contribution in [0, 0.1) is 11.6 Å². The van der Waals surface area contributed by atoms with Crippen LogP contribution in [0.2, 0.25) is 0 Å². The van der Waals surface area contributed by atoms with Gasteiger partial charge in [-0.1, -0.05) is 6.07 Å². The van der Waals surface area contributed by atoms with Crippen LogP contribution in [-0.2, 0) is 6.54 Å². The lowest BCUT2D eigenvalue weighted by molar-refractivity contribution is 0.506. The van der Waals surface area contributed by atoms with Gasteiger partial charge in [-0.3, -0.25) is 14.3 Å². The van der Waals surface area contributed by atoms with Gasteiger partial charge >= 0.3 is 0 Å². The zero-order valence-electron chi connectivity index (χ0n) is 10.3. The number of aromatic nitrogens is 3. The summed E-state index contributed by atoms with van der Waals surface area (Å²) in [4.78, 5) is 20.2. The molecule has 20 heavy (non-hydrogen) atoms. The van der Waals surface area contributed by atoms with Crippen molar-refractivity contribution in [1.82, 2.24) is 14.5 Å². The maximum absolute atomic E-state index is 13.1. The van der Waals surface area contributed by atoms with Crippen molar-refractivity contribution in [1.29, 1.82) is 0 Å². The lowest BCUT2D eigenvalue weighted by Crippen LogP contribution is -2.21. The number of rotatable bonds is 2. The van der Waals surface area contributed by atoms with E-state index < -0.39 is 11.6 Å². The number of nitrogens with zero attached hydrogens (tertiary/aromatic N) is 3. The largest absolute Gasteiger partial charge is 0.294 e. The Morgan fingerprint density at radius 1 is 1.15 bits per heavy atom. The van der Waals surface area contributed by atoms with Crippen LogP contribution in [-0.4, -0.2) is 14.5 Å². The highest BCUT2D eigenvalue weighted by atomic mass is 19.2. The van der Waals surface area contributed by atoms with Crippen molar-refractivity contribution in [2.24, 2.45) is 0 Å². The Morgan fingerprint density at radius 3 is 2.80 bits per heavy atom. The first-order chi connectivity index (χ1) is 9.65. The summed E-state index contributed by atoms with van der Waals surface area (Å²) in [5.74, 6) is -1.85. The zero-order valence-corrected chi connectivity index (χ0v) is 10.3. The van der Waals surface area contributed by atoms with Gasteiger partial charge in [0.2, 0.25) is 0 Å². The molecule has 1 aromatic carbocycles. The van der Waals surface area contributed by atoms with Crippen LogP contribution < -0.4 is 5.56 Å². The summed E-state index contributed by atoms with van der Waals surface area (Å²) in [5, 5.41) is 0.387. The van der Waals surface area contributed by atoms with Crippen molar-refractivity contribution >= 4 is 10.9 Å². The van der Waals surface area contributed by atoms with Crippen molar-refractivity contribution in [3.63, 3.8) is 0 Å². The van der Waals surface area contributed by atoms with E-state index in [1.165, 1.54) is 23.2 Å². The minimum Gasteiger partial charge on any atom is -0.294 e. The third kappa shape index (κ3) is 2.16. The molecule has 0 bridgehead atoms. The van der Waals surface area contributed by atoms with Crippen molar-refractivity contribution in [3.8, 4) is 0 Å². The summed E-state index contributed by atoms with van der Waals surface area (Å²) in [6.07, 6.45) is 4.37. The Labute approximate surface area is 112 Å². The number of hydrogen-bond acceptors (Lipinski definition) is 3. The standard InChI is InChI=1S/C14H9F2N3O/c15-11-2-1-9(5-12(11)16)7-19-8-18-13-3-4-17-6-10(13)14(19)20/h1-6,8H,7H2. The summed E-state index contributed by atoms with van der Waals surface area (Å²) in [5.41, 5.74) is 0.760. The van der Waals surface area contributed by atoms with E-state index in [4.69, 9.17) is 0 Å². The first kappa shape index (κ1) is 12.4. The Balaban J connectivity index is 2.04. The second kappa shape index (κ2) is 4.80. The van der Waals surface area contributed by atoms with Gasteiger partial charge in [0.25, 0.3) is 5.56 Å². The lowest BCUT2D eigenvalue weighted by atomic mass is 10.2. The van der Waals surface area contributed by atoms with Gasteiger partial charge in [0.15, 0.2) is 11.6 Å². The third-order valence-corrected chi connectivity index (χ3v) is 2.96. The van der Waals surface area contributed by atoms with E-state index in [0.717, 1.165) is 12.1 Å². The topological polar surface area (TPSA) is 47.8 Å². The number of fused-ring (bicyclic) bond motifs is 1. The number of hydrogen-bond donors (Lipinski definition) is 0. The maximum atomic E-state index is 13.1. The summed E-state index contributed by atoms with van der Waals surface area (Å²) in [6.45, 7) is 0.119. The highest BCUT2D eigenvalue weighted by Crippen LogP contribution is 2.10. The van der Waals surface area contributed by atoms with Crippen molar-refractivity contribution < 1.29 is 8.78 Å². The monoisotopic (exact) mass is 273 g/mol. The molecule has 100 valence electrons. The molecule has 0 saturated carbocycles. The van der Waals surface area contributed by atoms with Crippen molar-refractivity contribution in [2.45, 2.75) is 6.54 Å². The normalized spacial score (nSPS) is 10.9. The molecule has 0 amide bonds. The van der Waals surface area contributed by atoms with Gasteiger partial charge in [0.05, 0.1) is 23.8 Å². The first-order valence-electron chi connectivity index (χ1n) is 5.88. The van der Waals surface area contributed by atoms with Crippen LogP contribution in [0.3, 0.4) is 0 Å². The molecule has 0 aliphatic heterocycles. The quantitative estimate of drug-likeness (QED) is 0.718. The molecule has 2 heterocycles. The molecule has 0 aliphatic rings. The highest BCUT2D eigenvalue weighted by molar-refractivity contribution is 5.75. The van der Waals surface area contributed by atoms with Gasteiger partial charge in [0.1, 0.15) is 0 Å². The molecule has 0 radical (unpaired) electrons. The van der Waals surface area contributed by atoms with Crippen LogP contribution >= 0.6 is 0 Å². The summed E-state index contributed by atoms with van der Waals surface area (Å²) < 4.78 is 27.3. The smallest absolute Gasteiger partial charge is 0.263 e. The van der Waals surface area contributed by atoms with Crippen LogP contribution in [0.5, 0.6) is 0 Å². The van der Waals surface area contributed by atoms with E-state index in [-0.39, 0.29) is 12.1 Å². The molecule has 0 N–H and O–H groups in total. The molecule has 2 aromatic heterocycles. The van der Waals surface area contributed by atoms with Crippen LogP contribution in [0.1, 0.15) is 5.56 Å². The zero-order chi connectivity index (χ0) is 14.1. The average molecular weight is 273 g/mol. The predicted octanol–water partition coefficient (Wildman–Crippen LogP) is 2.12. The van der Waals surface area contributed by atoms with E-state index in [0.29, 0.717) is 16.5 Å². The van der Waals surface area contributed by atoms with E-state index in [1.807, 2.05) is 0 Å². The molecule has 0 unspecified atom stereocenters. The molecular formula is C14H9F2N3O. The molecule has 6 heteroatoms. The van der Waals surface area contributed by atoms with Gasteiger partial charge in [-0.2, -0.15) is 0 Å². The second-order valence-electron chi connectivity index (χ2n) is 4.32. The fourth-order valence-electron chi connectivity index (χ4n) is 1.95. The van der Waals surface area contributed by atoms with E-state index in [2.05, 4.69) is 9.97 Å². The fourth-order valence-corrected chi connectivity index (χ4v) is 1.95. The fraction of sp³-hybridized carbons (Fsp3) is 0.0714. The molecule has 0 aliphatic carbocycles. The Bertz CT molecular complexity index is 845. The van der Waals surface area contributed by atoms with Crippen LogP contribution in [0.4, 0.5) is 8.78 Å². The van der Waals surface area contributed by atoms with E-state index >= 15 is 0 Å². The minimum absolute atomic E-state index is 0.119. The molecule has 3 aromatic rings. The highest BCUT2D eigenvalue weighted by Gasteiger charge is 2.07. The van der Waals surface area contributed by atoms with Crippen LogP contribution in [0.25, 0.3) is 10.9 Å². The molecule has 0 spiro atoms. The van der Waals surface area contributed by atoms with Gasteiger partial charge in [-0.15, -0.1) is 0 Å². The number of halogens is 2. The molecular weight excluding hydrogens is 264 g/mol. The second-order valence-corrected chi connectivity index (χ2v) is 4.32. The molecule has 0 saturated heterocycles.